The number of para-hydroxylation sites is 2. The highest BCUT2D eigenvalue weighted by Crippen LogP contribution is 2.06. The van der Waals surface area contributed by atoms with E-state index in [-0.39, 0.29) is 44.0 Å². The number of aromatic nitrogens is 4. The monoisotopic (exact) mass is 636 g/mol. The Bertz CT molecular complexity index is 1880. The number of H-pyrrole nitrogens is 2. The molecule has 0 aliphatic rings. The van der Waals surface area contributed by atoms with E-state index in [0.29, 0.717) is 73.4 Å². The molecule has 246 valence electrons. The number of nitrogens with one attached hydrogen (secondary N) is 3. The van der Waals surface area contributed by atoms with Crippen LogP contribution in [0.3, 0.4) is 0 Å². The van der Waals surface area contributed by atoms with Gasteiger partial charge in [0.25, 0.3) is 11.1 Å². The van der Waals surface area contributed by atoms with Crippen LogP contribution in [0, 0.1) is 0 Å². The lowest BCUT2D eigenvalue weighted by molar-refractivity contribution is 0.105. The predicted molar refractivity (Wildman–Crippen MR) is 173 cm³/mol. The van der Waals surface area contributed by atoms with E-state index in [9.17, 15) is 28.8 Å². The van der Waals surface area contributed by atoms with Crippen molar-refractivity contribution in [3.63, 3.8) is 0 Å². The van der Waals surface area contributed by atoms with Crippen molar-refractivity contribution in [3.8, 4) is 0 Å². The minimum atomic E-state index is -0.546. The number of ether oxygens (including phenoxy) is 2. The molecule has 0 aliphatic heterocycles. The van der Waals surface area contributed by atoms with Crippen LogP contribution < -0.4 is 27.8 Å². The molecule has 0 atom stereocenters. The zero-order valence-electron chi connectivity index (χ0n) is 25.9. The van der Waals surface area contributed by atoms with Gasteiger partial charge in [-0.05, 0) is 69.7 Å². The van der Waals surface area contributed by atoms with Crippen LogP contribution in [-0.4, -0.2) is 69.0 Å². The number of unbranched alkanes of at least 4 members (excludes halogenated alkanes) is 3. The van der Waals surface area contributed by atoms with E-state index in [1.165, 1.54) is 9.47 Å². The topological polar surface area (TPSA) is 178 Å². The number of amides is 2. The number of benzene rings is 2. The first kappa shape index (κ1) is 33.7. The van der Waals surface area contributed by atoms with Crippen LogP contribution in [0.25, 0.3) is 21.8 Å². The van der Waals surface area contributed by atoms with Crippen molar-refractivity contribution in [2.24, 2.45) is 0 Å². The molecule has 2 aromatic carbocycles. The van der Waals surface area contributed by atoms with E-state index in [1.807, 2.05) is 0 Å². The average molecular weight is 637 g/mol. The molecule has 0 fully saturated rings. The van der Waals surface area contributed by atoms with Crippen molar-refractivity contribution in [2.45, 2.75) is 58.5 Å². The SMILES string of the molecule is CCOC(=O)N(CCCCNC(=O)OCCCCCn1c(=O)[nH]c2ccccc2c1=O)CCCn1c(=O)[nH]c2ccccc2c1=O. The summed E-state index contributed by atoms with van der Waals surface area (Å²) in [4.78, 5) is 81.5. The van der Waals surface area contributed by atoms with Crippen molar-refractivity contribution < 1.29 is 19.1 Å². The van der Waals surface area contributed by atoms with E-state index in [2.05, 4.69) is 15.3 Å². The number of alkyl carbamates (subject to hydrolysis) is 1. The van der Waals surface area contributed by atoms with Gasteiger partial charge in [0.2, 0.25) is 0 Å². The molecule has 14 nitrogen and oxygen atoms in total. The van der Waals surface area contributed by atoms with Crippen molar-refractivity contribution in [1.82, 2.24) is 29.3 Å². The van der Waals surface area contributed by atoms with Crippen LogP contribution in [-0.2, 0) is 22.6 Å². The summed E-state index contributed by atoms with van der Waals surface area (Å²) in [7, 11) is 0. The van der Waals surface area contributed by atoms with Gasteiger partial charge in [0.15, 0.2) is 0 Å². The minimum absolute atomic E-state index is 0.141. The van der Waals surface area contributed by atoms with Gasteiger partial charge in [-0.3, -0.25) is 18.7 Å². The molecular weight excluding hydrogens is 596 g/mol. The summed E-state index contributed by atoms with van der Waals surface area (Å²) in [5.74, 6) is 0. The van der Waals surface area contributed by atoms with E-state index in [0.717, 1.165) is 4.57 Å². The van der Waals surface area contributed by atoms with E-state index in [1.54, 1.807) is 55.5 Å². The van der Waals surface area contributed by atoms with Crippen molar-refractivity contribution >= 4 is 34.0 Å². The molecule has 4 aromatic rings. The third kappa shape index (κ3) is 8.96. The normalized spacial score (nSPS) is 11.1. The van der Waals surface area contributed by atoms with Crippen LogP contribution >= 0.6 is 0 Å². The molecule has 14 heteroatoms. The molecule has 2 heterocycles. The summed E-state index contributed by atoms with van der Waals surface area (Å²) in [6, 6.07) is 13.7. The number of carbonyl (C=O) groups is 2. The largest absolute Gasteiger partial charge is 0.450 e. The molecule has 4 rings (SSSR count). The Morgan fingerprint density at radius 2 is 1.28 bits per heavy atom. The van der Waals surface area contributed by atoms with Gasteiger partial charge in [0, 0.05) is 32.7 Å². The number of fused-ring (bicyclic) bond motifs is 2. The number of hydrogen-bond donors (Lipinski definition) is 3. The Kier molecular flexibility index (Phi) is 12.3. The first-order valence-corrected chi connectivity index (χ1v) is 15.6. The first-order chi connectivity index (χ1) is 22.3. The summed E-state index contributed by atoms with van der Waals surface area (Å²) in [6.07, 6.45) is 2.35. The fourth-order valence-corrected chi connectivity index (χ4v) is 5.12. The van der Waals surface area contributed by atoms with Crippen molar-refractivity contribution in [3.05, 3.63) is 90.2 Å². The van der Waals surface area contributed by atoms with E-state index < -0.39 is 23.6 Å². The standard InChI is InChI=1S/C32H40N6O8/c1-2-45-32(44)36(19-12-21-38-28(40)24-14-5-7-16-26(24)35-30(38)42)18-10-8-17-33-31(43)46-22-11-3-9-20-37-27(39)23-13-4-6-15-25(23)34-29(37)41/h4-7,13-16H,2-3,8-12,17-22H2,1H3,(H,33,43)(H,34,41)(H,35,42). The van der Waals surface area contributed by atoms with Gasteiger partial charge >= 0.3 is 23.6 Å². The first-order valence-electron chi connectivity index (χ1n) is 15.6. The Morgan fingerprint density at radius 3 is 1.89 bits per heavy atom. The summed E-state index contributed by atoms with van der Waals surface area (Å²) in [6.45, 7) is 3.56. The molecule has 0 saturated carbocycles. The highest BCUT2D eigenvalue weighted by molar-refractivity contribution is 5.77. The molecule has 2 aromatic heterocycles. The molecule has 0 bridgehead atoms. The van der Waals surface area contributed by atoms with Crippen LogP contribution in [0.1, 0.15) is 45.4 Å². The van der Waals surface area contributed by atoms with Gasteiger partial charge in [-0.15, -0.1) is 0 Å². The number of hydrogen-bond acceptors (Lipinski definition) is 8. The lowest BCUT2D eigenvalue weighted by atomic mass is 10.2. The highest BCUT2D eigenvalue weighted by atomic mass is 16.6. The fraction of sp³-hybridized carbons (Fsp3) is 0.438. The number of carbonyl (C=O) groups excluding carboxylic acids is 2. The smallest absolute Gasteiger partial charge is 0.409 e. The third-order valence-corrected chi connectivity index (χ3v) is 7.50. The van der Waals surface area contributed by atoms with Gasteiger partial charge in [-0.2, -0.15) is 0 Å². The zero-order valence-corrected chi connectivity index (χ0v) is 25.9. The Hall–Kier alpha value is -5.14. The summed E-state index contributed by atoms with van der Waals surface area (Å²) < 4.78 is 12.7. The molecule has 0 aliphatic carbocycles. The predicted octanol–water partition coefficient (Wildman–Crippen LogP) is 2.92. The van der Waals surface area contributed by atoms with Crippen molar-refractivity contribution in [2.75, 3.05) is 32.8 Å². The van der Waals surface area contributed by atoms with Crippen LogP contribution in [0.15, 0.2) is 67.7 Å². The van der Waals surface area contributed by atoms with Crippen molar-refractivity contribution in [1.29, 1.82) is 0 Å². The lowest BCUT2D eigenvalue weighted by Gasteiger charge is -2.22. The molecule has 0 unspecified atom stereocenters. The number of rotatable bonds is 16. The van der Waals surface area contributed by atoms with Gasteiger partial charge in [-0.25, -0.2) is 19.2 Å². The molecular formula is C32H40N6O8. The number of nitrogens with zero attached hydrogens (tertiary/aromatic N) is 3. The maximum Gasteiger partial charge on any atom is 0.409 e. The Morgan fingerprint density at radius 1 is 0.717 bits per heavy atom. The molecule has 3 N–H and O–H groups in total. The third-order valence-electron chi connectivity index (χ3n) is 7.50. The molecule has 46 heavy (non-hydrogen) atoms. The average Bonchev–Trinajstić information content (AvgIpc) is 3.04. The van der Waals surface area contributed by atoms with E-state index >= 15 is 0 Å². The van der Waals surface area contributed by atoms with Crippen LogP contribution in [0.5, 0.6) is 0 Å². The summed E-state index contributed by atoms with van der Waals surface area (Å²) in [5.41, 5.74) is -0.664. The second kappa shape index (κ2) is 16.8. The Labute approximate surface area is 263 Å². The van der Waals surface area contributed by atoms with Gasteiger partial charge in [0.05, 0.1) is 35.0 Å². The van der Waals surface area contributed by atoms with Gasteiger partial charge in [0.1, 0.15) is 0 Å². The molecule has 0 spiro atoms. The fourth-order valence-electron chi connectivity index (χ4n) is 5.12. The zero-order chi connectivity index (χ0) is 32.9. The van der Waals surface area contributed by atoms with Gasteiger partial charge in [-0.1, -0.05) is 24.3 Å². The van der Waals surface area contributed by atoms with Gasteiger partial charge < -0.3 is 29.7 Å². The second-order valence-corrected chi connectivity index (χ2v) is 10.7. The molecule has 0 radical (unpaired) electrons. The lowest BCUT2D eigenvalue weighted by Crippen LogP contribution is -2.38. The summed E-state index contributed by atoms with van der Waals surface area (Å²) in [5, 5.41) is 3.57. The highest BCUT2D eigenvalue weighted by Gasteiger charge is 2.15. The maximum absolute atomic E-state index is 12.8. The maximum atomic E-state index is 12.8. The minimum Gasteiger partial charge on any atom is -0.450 e. The van der Waals surface area contributed by atoms with Crippen LogP contribution in [0.4, 0.5) is 9.59 Å². The molecule has 2 amide bonds. The second-order valence-electron chi connectivity index (χ2n) is 10.7. The van der Waals surface area contributed by atoms with E-state index in [4.69, 9.17) is 9.47 Å². The number of aromatic amines is 2. The Balaban J connectivity index is 1.12. The van der Waals surface area contributed by atoms with Crippen LogP contribution in [0.2, 0.25) is 0 Å². The summed E-state index contributed by atoms with van der Waals surface area (Å²) >= 11 is 0. The quantitative estimate of drug-likeness (QED) is 0.157. The molecule has 0 saturated heterocycles.